The van der Waals surface area contributed by atoms with E-state index >= 15 is 0 Å². The third-order valence-electron chi connectivity index (χ3n) is 3.21. The molecule has 4 atom stereocenters. The van der Waals surface area contributed by atoms with Gasteiger partial charge in [-0.3, -0.25) is 0 Å². The number of nitrogens with zero attached hydrogens (tertiary/aromatic N) is 1. The Bertz CT molecular complexity index is 279. The first kappa shape index (κ1) is 12.1. The minimum absolute atomic E-state index is 0.0900. The van der Waals surface area contributed by atoms with Crippen LogP contribution in [0.5, 0.6) is 0 Å². The van der Waals surface area contributed by atoms with Gasteiger partial charge in [-0.05, 0) is 12.8 Å². The number of ether oxygens (including phenoxy) is 1. The summed E-state index contributed by atoms with van der Waals surface area (Å²) in [5.41, 5.74) is 0. The molecule has 1 heterocycles. The van der Waals surface area contributed by atoms with E-state index in [1.807, 2.05) is 0 Å². The highest BCUT2D eigenvalue weighted by Crippen LogP contribution is 2.31. The van der Waals surface area contributed by atoms with Gasteiger partial charge in [0.25, 0.3) is 0 Å². The second-order valence-electron chi connectivity index (χ2n) is 4.34. The third-order valence-corrected chi connectivity index (χ3v) is 4.24. The predicted octanol–water partition coefficient (Wildman–Crippen LogP) is 1.45. The standard InChI is InChI=1S/C10H15BrFNO3/c11-8-2-1-6(3-9(8)12)13-4-7(5-14)16-10(13)15/h6-9,14H,1-5H2/t6?,7-,8?,9?/m1/s1. The van der Waals surface area contributed by atoms with Crippen LogP contribution in [0.4, 0.5) is 9.18 Å². The van der Waals surface area contributed by atoms with Crippen molar-refractivity contribution in [2.45, 2.75) is 42.4 Å². The van der Waals surface area contributed by atoms with Crippen LogP contribution in [0.3, 0.4) is 0 Å². The van der Waals surface area contributed by atoms with Gasteiger partial charge in [0.1, 0.15) is 12.3 Å². The summed E-state index contributed by atoms with van der Waals surface area (Å²) in [6.07, 6.45) is 0.0582. The lowest BCUT2D eigenvalue weighted by molar-refractivity contribution is 0.0922. The van der Waals surface area contributed by atoms with Crippen molar-refractivity contribution < 1.29 is 19.0 Å². The molecule has 0 aromatic carbocycles. The van der Waals surface area contributed by atoms with Gasteiger partial charge >= 0.3 is 6.09 Å². The van der Waals surface area contributed by atoms with Crippen molar-refractivity contribution in [3.63, 3.8) is 0 Å². The van der Waals surface area contributed by atoms with Gasteiger partial charge in [-0.25, -0.2) is 9.18 Å². The minimum atomic E-state index is -0.917. The number of hydrogen-bond donors (Lipinski definition) is 1. The van der Waals surface area contributed by atoms with Crippen LogP contribution >= 0.6 is 15.9 Å². The van der Waals surface area contributed by atoms with Gasteiger partial charge in [0.15, 0.2) is 0 Å². The fourth-order valence-corrected chi connectivity index (χ4v) is 2.76. The Kier molecular flexibility index (Phi) is 3.69. The van der Waals surface area contributed by atoms with E-state index in [0.29, 0.717) is 13.0 Å². The van der Waals surface area contributed by atoms with E-state index in [2.05, 4.69) is 15.9 Å². The van der Waals surface area contributed by atoms with Crippen LogP contribution < -0.4 is 0 Å². The molecule has 1 N–H and O–H groups in total. The molecule has 2 rings (SSSR count). The van der Waals surface area contributed by atoms with Crippen LogP contribution in [0.2, 0.25) is 0 Å². The quantitative estimate of drug-likeness (QED) is 0.785. The number of cyclic esters (lactones) is 1. The van der Waals surface area contributed by atoms with Crippen molar-refractivity contribution in [3.05, 3.63) is 0 Å². The average Bonchev–Trinajstić information content (AvgIpc) is 2.64. The molecule has 1 aliphatic carbocycles. The van der Waals surface area contributed by atoms with Crippen LogP contribution in [0.1, 0.15) is 19.3 Å². The van der Waals surface area contributed by atoms with Gasteiger partial charge < -0.3 is 14.7 Å². The number of alkyl halides is 2. The molecule has 0 spiro atoms. The van der Waals surface area contributed by atoms with E-state index in [1.54, 1.807) is 4.90 Å². The van der Waals surface area contributed by atoms with Crippen molar-refractivity contribution in [2.75, 3.05) is 13.2 Å². The van der Waals surface area contributed by atoms with Crippen LogP contribution in [0.25, 0.3) is 0 Å². The van der Waals surface area contributed by atoms with Crippen LogP contribution in [0.15, 0.2) is 0 Å². The first-order chi connectivity index (χ1) is 7.61. The van der Waals surface area contributed by atoms with E-state index < -0.39 is 18.4 Å². The van der Waals surface area contributed by atoms with Gasteiger partial charge in [-0.2, -0.15) is 0 Å². The topological polar surface area (TPSA) is 49.8 Å². The minimum Gasteiger partial charge on any atom is -0.442 e. The highest BCUT2D eigenvalue weighted by molar-refractivity contribution is 9.09. The summed E-state index contributed by atoms with van der Waals surface area (Å²) in [5, 5.41) is 8.91. The van der Waals surface area contributed by atoms with Crippen molar-refractivity contribution in [2.24, 2.45) is 0 Å². The van der Waals surface area contributed by atoms with Crippen molar-refractivity contribution in [1.29, 1.82) is 0 Å². The molecule has 0 radical (unpaired) electrons. The molecule has 16 heavy (non-hydrogen) atoms. The lowest BCUT2D eigenvalue weighted by Gasteiger charge is -2.33. The molecule has 2 aliphatic rings. The molecule has 92 valence electrons. The Labute approximate surface area is 102 Å². The lowest BCUT2D eigenvalue weighted by Crippen LogP contribution is -2.43. The van der Waals surface area contributed by atoms with E-state index in [1.165, 1.54) is 0 Å². The summed E-state index contributed by atoms with van der Waals surface area (Å²) in [4.78, 5) is 12.9. The highest BCUT2D eigenvalue weighted by Gasteiger charge is 2.39. The molecule has 1 saturated heterocycles. The second kappa shape index (κ2) is 4.87. The first-order valence-electron chi connectivity index (χ1n) is 5.48. The second-order valence-corrected chi connectivity index (χ2v) is 5.52. The maximum absolute atomic E-state index is 13.5. The molecule has 4 nitrogen and oxygen atoms in total. The first-order valence-corrected chi connectivity index (χ1v) is 6.39. The molecular weight excluding hydrogens is 281 g/mol. The fraction of sp³-hybridized carbons (Fsp3) is 0.900. The number of aliphatic hydroxyl groups excluding tert-OH is 1. The largest absolute Gasteiger partial charge is 0.442 e. The lowest BCUT2D eigenvalue weighted by atomic mass is 9.93. The maximum atomic E-state index is 13.5. The Morgan fingerprint density at radius 1 is 1.56 bits per heavy atom. The molecule has 1 saturated carbocycles. The number of hydrogen-bond acceptors (Lipinski definition) is 3. The summed E-state index contributed by atoms with van der Waals surface area (Å²) < 4.78 is 18.5. The molecule has 0 aromatic rings. The number of carbonyl (C=O) groups is 1. The van der Waals surface area contributed by atoms with Gasteiger partial charge in [0, 0.05) is 17.3 Å². The van der Waals surface area contributed by atoms with E-state index in [0.717, 1.165) is 12.8 Å². The monoisotopic (exact) mass is 295 g/mol. The van der Waals surface area contributed by atoms with E-state index in [4.69, 9.17) is 9.84 Å². The summed E-state index contributed by atoms with van der Waals surface area (Å²) in [6, 6.07) is -0.0900. The van der Waals surface area contributed by atoms with Crippen LogP contribution in [-0.2, 0) is 4.74 Å². The zero-order valence-corrected chi connectivity index (χ0v) is 10.4. The number of halogens is 2. The van der Waals surface area contributed by atoms with Gasteiger partial charge in [-0.15, -0.1) is 0 Å². The number of amides is 1. The number of carbonyl (C=O) groups excluding carboxylic acids is 1. The Morgan fingerprint density at radius 2 is 2.31 bits per heavy atom. The SMILES string of the molecule is O=C1O[C@@H](CO)CN1C1CCC(Br)C(F)C1. The summed E-state index contributed by atoms with van der Waals surface area (Å²) in [6.45, 7) is 0.203. The molecule has 2 fully saturated rings. The number of aliphatic hydroxyl groups is 1. The molecule has 1 amide bonds. The maximum Gasteiger partial charge on any atom is 0.410 e. The Balaban J connectivity index is 1.95. The molecule has 6 heteroatoms. The fourth-order valence-electron chi connectivity index (χ4n) is 2.28. The average molecular weight is 296 g/mol. The Hall–Kier alpha value is -0.360. The smallest absolute Gasteiger partial charge is 0.410 e. The predicted molar refractivity (Wildman–Crippen MR) is 59.3 cm³/mol. The van der Waals surface area contributed by atoms with Crippen molar-refractivity contribution in [3.8, 4) is 0 Å². The molecular formula is C10H15BrFNO3. The van der Waals surface area contributed by atoms with Crippen molar-refractivity contribution in [1.82, 2.24) is 4.90 Å². The molecule has 1 aliphatic heterocycles. The highest BCUT2D eigenvalue weighted by atomic mass is 79.9. The van der Waals surface area contributed by atoms with Crippen LogP contribution in [-0.4, -0.2) is 52.4 Å². The van der Waals surface area contributed by atoms with Crippen molar-refractivity contribution >= 4 is 22.0 Å². The van der Waals surface area contributed by atoms with Gasteiger partial charge in [0.2, 0.25) is 0 Å². The summed E-state index contributed by atoms with van der Waals surface area (Å²) in [5.74, 6) is 0. The summed E-state index contributed by atoms with van der Waals surface area (Å²) >= 11 is 3.28. The normalized spacial score (nSPS) is 39.9. The van der Waals surface area contributed by atoms with E-state index in [-0.39, 0.29) is 17.5 Å². The van der Waals surface area contributed by atoms with Gasteiger partial charge in [-0.1, -0.05) is 15.9 Å². The number of rotatable bonds is 2. The zero-order valence-electron chi connectivity index (χ0n) is 8.81. The molecule has 3 unspecified atom stereocenters. The molecule has 0 bridgehead atoms. The van der Waals surface area contributed by atoms with Crippen LogP contribution in [0, 0.1) is 0 Å². The summed E-state index contributed by atoms with van der Waals surface area (Å²) in [7, 11) is 0. The Morgan fingerprint density at radius 3 is 2.88 bits per heavy atom. The molecule has 0 aromatic heterocycles. The van der Waals surface area contributed by atoms with E-state index in [9.17, 15) is 9.18 Å². The third kappa shape index (κ3) is 2.32. The van der Waals surface area contributed by atoms with Gasteiger partial charge in [0.05, 0.1) is 13.2 Å². The zero-order chi connectivity index (χ0) is 11.7.